The van der Waals surface area contributed by atoms with Gasteiger partial charge in [-0.2, -0.15) is 0 Å². The summed E-state index contributed by atoms with van der Waals surface area (Å²) >= 11 is 0. The fourth-order valence-corrected chi connectivity index (χ4v) is 0.529. The molecule has 0 saturated carbocycles. The number of nitrogens with two attached hydrogens (primary N) is 1. The van der Waals surface area contributed by atoms with Gasteiger partial charge in [0.05, 0.1) is 0 Å². The predicted octanol–water partition coefficient (Wildman–Crippen LogP) is 1.69. The molecule has 0 radical (unpaired) electrons. The van der Waals surface area contributed by atoms with Crippen molar-refractivity contribution in [2.75, 3.05) is 6.54 Å². The quantitative estimate of drug-likeness (QED) is 0.552. The van der Waals surface area contributed by atoms with Gasteiger partial charge in [-0.15, -0.1) is 0 Å². The summed E-state index contributed by atoms with van der Waals surface area (Å²) in [5, 5.41) is 0. The summed E-state index contributed by atoms with van der Waals surface area (Å²) < 4.78 is 0. The Morgan fingerprint density at radius 2 is 2.25 bits per heavy atom. The van der Waals surface area contributed by atoms with E-state index in [1.165, 1.54) is 5.57 Å². The van der Waals surface area contributed by atoms with Crippen LogP contribution in [0.2, 0.25) is 0 Å². The summed E-state index contributed by atoms with van der Waals surface area (Å²) in [6.45, 7) is 6.77. The Kier molecular flexibility index (Phi) is 4.67. The maximum atomic E-state index is 5.29. The lowest BCUT2D eigenvalue weighted by Gasteiger charge is -1.97. The average molecular weight is 113 g/mol. The van der Waals surface area contributed by atoms with Crippen LogP contribution in [0.25, 0.3) is 0 Å². The highest BCUT2D eigenvalue weighted by Gasteiger charge is 1.86. The highest BCUT2D eigenvalue weighted by Crippen LogP contribution is 2.03. The molecule has 0 heterocycles. The van der Waals surface area contributed by atoms with Gasteiger partial charge in [-0.05, 0) is 25.8 Å². The molecule has 0 aliphatic heterocycles. The molecule has 0 unspecified atom stereocenters. The van der Waals surface area contributed by atoms with E-state index in [2.05, 4.69) is 13.5 Å². The van der Waals surface area contributed by atoms with Crippen LogP contribution in [0.15, 0.2) is 12.2 Å². The summed E-state index contributed by atoms with van der Waals surface area (Å²) in [5.74, 6) is 0. The molecule has 1 heteroatoms. The van der Waals surface area contributed by atoms with Gasteiger partial charge in [-0.1, -0.05) is 19.1 Å². The standard InChI is InChI=1S/C7H15N/c1-3-7(2)5-4-6-8/h2-6,8H2,1H3. The summed E-state index contributed by atoms with van der Waals surface area (Å²) in [4.78, 5) is 0. The van der Waals surface area contributed by atoms with Gasteiger partial charge in [-0.3, -0.25) is 0 Å². The molecule has 0 saturated heterocycles. The zero-order valence-corrected chi connectivity index (χ0v) is 5.61. The van der Waals surface area contributed by atoms with Gasteiger partial charge in [-0.25, -0.2) is 0 Å². The third-order valence-corrected chi connectivity index (χ3v) is 1.23. The molecule has 1 nitrogen and oxygen atoms in total. The second-order valence-electron chi connectivity index (χ2n) is 2.00. The minimum atomic E-state index is 0.791. The second-order valence-corrected chi connectivity index (χ2v) is 2.00. The highest BCUT2D eigenvalue weighted by atomic mass is 14.5. The number of hydrogen-bond acceptors (Lipinski definition) is 1. The Morgan fingerprint density at radius 3 is 2.62 bits per heavy atom. The van der Waals surface area contributed by atoms with Gasteiger partial charge in [0.2, 0.25) is 0 Å². The zero-order chi connectivity index (χ0) is 6.41. The van der Waals surface area contributed by atoms with E-state index in [0.29, 0.717) is 0 Å². The van der Waals surface area contributed by atoms with E-state index in [0.717, 1.165) is 25.8 Å². The van der Waals surface area contributed by atoms with Crippen molar-refractivity contribution in [2.24, 2.45) is 5.73 Å². The molecule has 0 aromatic rings. The third-order valence-electron chi connectivity index (χ3n) is 1.23. The molecular formula is C7H15N. The Bertz CT molecular complexity index is 66.8. The Hall–Kier alpha value is -0.300. The summed E-state index contributed by atoms with van der Waals surface area (Å²) in [6, 6.07) is 0. The van der Waals surface area contributed by atoms with Gasteiger partial charge in [0.25, 0.3) is 0 Å². The topological polar surface area (TPSA) is 26.0 Å². The minimum Gasteiger partial charge on any atom is -0.330 e. The van der Waals surface area contributed by atoms with E-state index < -0.39 is 0 Å². The molecule has 0 amide bonds. The molecule has 0 bridgehead atoms. The van der Waals surface area contributed by atoms with Crippen molar-refractivity contribution in [3.63, 3.8) is 0 Å². The number of allylic oxidation sites excluding steroid dienone is 1. The van der Waals surface area contributed by atoms with Gasteiger partial charge >= 0.3 is 0 Å². The van der Waals surface area contributed by atoms with E-state index in [1.54, 1.807) is 0 Å². The van der Waals surface area contributed by atoms with E-state index in [4.69, 9.17) is 5.73 Å². The molecular weight excluding hydrogens is 98.1 g/mol. The molecule has 48 valence electrons. The third kappa shape index (κ3) is 3.88. The molecule has 0 aliphatic carbocycles. The summed E-state index contributed by atoms with van der Waals surface area (Å²) in [7, 11) is 0. The van der Waals surface area contributed by atoms with E-state index >= 15 is 0 Å². The zero-order valence-electron chi connectivity index (χ0n) is 5.61. The lowest BCUT2D eigenvalue weighted by atomic mass is 10.1. The second kappa shape index (κ2) is 4.85. The van der Waals surface area contributed by atoms with Crippen LogP contribution in [0.3, 0.4) is 0 Å². The first-order valence-electron chi connectivity index (χ1n) is 3.18. The van der Waals surface area contributed by atoms with E-state index in [1.807, 2.05) is 0 Å². The first-order valence-corrected chi connectivity index (χ1v) is 3.18. The van der Waals surface area contributed by atoms with Crippen molar-refractivity contribution in [1.29, 1.82) is 0 Å². The maximum absolute atomic E-state index is 5.29. The first-order chi connectivity index (χ1) is 3.81. The van der Waals surface area contributed by atoms with Crippen LogP contribution in [0, 0.1) is 0 Å². The highest BCUT2D eigenvalue weighted by molar-refractivity contribution is 4.91. The molecule has 0 spiro atoms. The largest absolute Gasteiger partial charge is 0.330 e. The van der Waals surface area contributed by atoms with Gasteiger partial charge in [0.1, 0.15) is 0 Å². The molecule has 0 aromatic carbocycles. The normalized spacial score (nSPS) is 9.25. The lowest BCUT2D eigenvalue weighted by Crippen LogP contribution is -1.97. The van der Waals surface area contributed by atoms with Crippen molar-refractivity contribution in [1.82, 2.24) is 0 Å². The molecule has 8 heavy (non-hydrogen) atoms. The van der Waals surface area contributed by atoms with Crippen LogP contribution in [-0.4, -0.2) is 6.54 Å². The molecule has 0 atom stereocenters. The SMILES string of the molecule is C=C(CC)CCCN. The number of rotatable bonds is 4. The predicted molar refractivity (Wildman–Crippen MR) is 37.7 cm³/mol. The van der Waals surface area contributed by atoms with Crippen molar-refractivity contribution in [3.05, 3.63) is 12.2 Å². The minimum absolute atomic E-state index is 0.791. The van der Waals surface area contributed by atoms with Crippen LogP contribution in [-0.2, 0) is 0 Å². The number of hydrogen-bond donors (Lipinski definition) is 1. The van der Waals surface area contributed by atoms with Gasteiger partial charge in [0.15, 0.2) is 0 Å². The molecule has 0 rings (SSSR count). The van der Waals surface area contributed by atoms with Gasteiger partial charge < -0.3 is 5.73 Å². The fraction of sp³-hybridized carbons (Fsp3) is 0.714. The van der Waals surface area contributed by atoms with Crippen LogP contribution in [0.1, 0.15) is 26.2 Å². The Labute approximate surface area is 51.6 Å². The Morgan fingerprint density at radius 1 is 1.62 bits per heavy atom. The summed E-state index contributed by atoms with van der Waals surface area (Å²) in [6.07, 6.45) is 3.29. The molecule has 0 fully saturated rings. The maximum Gasteiger partial charge on any atom is -0.00742 e. The fourth-order valence-electron chi connectivity index (χ4n) is 0.529. The molecule has 2 N–H and O–H groups in total. The van der Waals surface area contributed by atoms with Crippen molar-refractivity contribution in [2.45, 2.75) is 26.2 Å². The molecule has 0 aromatic heterocycles. The van der Waals surface area contributed by atoms with Crippen molar-refractivity contribution < 1.29 is 0 Å². The van der Waals surface area contributed by atoms with Crippen molar-refractivity contribution >= 4 is 0 Å². The molecule has 0 aliphatic rings. The van der Waals surface area contributed by atoms with Crippen LogP contribution < -0.4 is 5.73 Å². The smallest absolute Gasteiger partial charge is 0.00742 e. The first kappa shape index (κ1) is 7.70. The lowest BCUT2D eigenvalue weighted by molar-refractivity contribution is 0.800. The Balaban J connectivity index is 2.99. The van der Waals surface area contributed by atoms with E-state index in [-0.39, 0.29) is 0 Å². The van der Waals surface area contributed by atoms with Crippen molar-refractivity contribution in [3.8, 4) is 0 Å². The van der Waals surface area contributed by atoms with Crippen LogP contribution in [0.5, 0.6) is 0 Å². The van der Waals surface area contributed by atoms with Crippen LogP contribution >= 0.6 is 0 Å². The average Bonchev–Trinajstić information content (AvgIpc) is 1.83. The van der Waals surface area contributed by atoms with E-state index in [9.17, 15) is 0 Å². The summed E-state index contributed by atoms with van der Waals surface area (Å²) in [5.41, 5.74) is 6.61. The monoisotopic (exact) mass is 113 g/mol. The van der Waals surface area contributed by atoms with Crippen LogP contribution in [0.4, 0.5) is 0 Å². The van der Waals surface area contributed by atoms with Gasteiger partial charge in [0, 0.05) is 0 Å².